The molecule has 0 atom stereocenters. The Balaban J connectivity index is 2.08. The second-order valence-corrected chi connectivity index (χ2v) is 5.70. The second-order valence-electron chi connectivity index (χ2n) is 4.58. The minimum Gasteiger partial charge on any atom is -0.508 e. The lowest BCUT2D eigenvalue weighted by Crippen LogP contribution is -1.97. The Bertz CT molecular complexity index is 767. The predicted octanol–water partition coefficient (Wildman–Crippen LogP) is 4.01. The molecule has 0 unspecified atom stereocenters. The van der Waals surface area contributed by atoms with Crippen molar-refractivity contribution in [1.82, 2.24) is 9.97 Å². The van der Waals surface area contributed by atoms with Crippen molar-refractivity contribution in [2.24, 2.45) is 0 Å². The van der Waals surface area contributed by atoms with Crippen LogP contribution in [0.5, 0.6) is 5.75 Å². The zero-order valence-electron chi connectivity index (χ0n) is 11.3. The highest BCUT2D eigenvalue weighted by Crippen LogP contribution is 2.31. The quantitative estimate of drug-likeness (QED) is 0.763. The fourth-order valence-corrected chi connectivity index (χ4v) is 3.08. The van der Waals surface area contributed by atoms with E-state index in [1.165, 1.54) is 4.88 Å². The molecule has 4 nitrogen and oxygen atoms in total. The Hall–Kier alpha value is -2.14. The summed E-state index contributed by atoms with van der Waals surface area (Å²) in [7, 11) is 0. The highest BCUT2D eigenvalue weighted by Gasteiger charge is 2.10. The van der Waals surface area contributed by atoms with Crippen molar-refractivity contribution in [3.05, 3.63) is 41.0 Å². The van der Waals surface area contributed by atoms with E-state index < -0.39 is 0 Å². The molecule has 0 saturated carbocycles. The maximum Gasteiger partial charge on any atom is 0.142 e. The Kier molecular flexibility index (Phi) is 3.28. The van der Waals surface area contributed by atoms with Gasteiger partial charge in [0.05, 0.1) is 5.39 Å². The monoisotopic (exact) mass is 285 g/mol. The summed E-state index contributed by atoms with van der Waals surface area (Å²) in [4.78, 5) is 11.2. The Morgan fingerprint density at radius 1 is 1.25 bits per heavy atom. The molecule has 102 valence electrons. The topological polar surface area (TPSA) is 58.0 Å². The minimum atomic E-state index is 0.233. The predicted molar refractivity (Wildman–Crippen MR) is 82.9 cm³/mol. The summed E-state index contributed by atoms with van der Waals surface area (Å²) >= 11 is 1.70. The van der Waals surface area contributed by atoms with E-state index in [9.17, 15) is 5.11 Å². The van der Waals surface area contributed by atoms with Crippen LogP contribution in [0.1, 0.15) is 17.6 Å². The van der Waals surface area contributed by atoms with Gasteiger partial charge in [0.15, 0.2) is 0 Å². The third-order valence-corrected chi connectivity index (χ3v) is 4.19. The molecule has 0 aliphatic heterocycles. The third-order valence-electron chi connectivity index (χ3n) is 3.01. The molecule has 0 saturated heterocycles. The highest BCUT2D eigenvalue weighted by atomic mass is 32.1. The smallest absolute Gasteiger partial charge is 0.142 e. The molecule has 0 aliphatic carbocycles. The summed E-state index contributed by atoms with van der Waals surface area (Å²) in [5.41, 5.74) is 0.814. The number of thiophene rings is 1. The molecule has 0 fully saturated rings. The average molecular weight is 285 g/mol. The third kappa shape index (κ3) is 2.44. The van der Waals surface area contributed by atoms with Gasteiger partial charge >= 0.3 is 0 Å². The van der Waals surface area contributed by atoms with Crippen LogP contribution in [0.25, 0.3) is 10.2 Å². The van der Waals surface area contributed by atoms with E-state index in [2.05, 4.69) is 28.3 Å². The molecule has 0 spiro atoms. The van der Waals surface area contributed by atoms with Crippen LogP contribution >= 0.6 is 11.3 Å². The maximum absolute atomic E-state index is 9.53. The van der Waals surface area contributed by atoms with Gasteiger partial charge in [-0.05, 0) is 31.5 Å². The van der Waals surface area contributed by atoms with Gasteiger partial charge in [-0.25, -0.2) is 9.97 Å². The van der Waals surface area contributed by atoms with Gasteiger partial charge in [-0.3, -0.25) is 0 Å². The number of aromatic nitrogens is 2. The van der Waals surface area contributed by atoms with Gasteiger partial charge in [-0.1, -0.05) is 13.0 Å². The normalized spacial score (nSPS) is 10.9. The first-order chi connectivity index (χ1) is 9.65. The van der Waals surface area contributed by atoms with Crippen molar-refractivity contribution in [3.8, 4) is 5.75 Å². The van der Waals surface area contributed by atoms with Gasteiger partial charge in [0, 0.05) is 16.6 Å². The van der Waals surface area contributed by atoms with Crippen molar-refractivity contribution in [2.45, 2.75) is 20.3 Å². The number of hydrogen-bond acceptors (Lipinski definition) is 5. The number of nitrogens with one attached hydrogen (secondary N) is 1. The Morgan fingerprint density at radius 3 is 2.85 bits per heavy atom. The SMILES string of the molecule is CCc1cc2c(Nc3cccc(O)c3)nc(C)nc2s1. The van der Waals surface area contributed by atoms with Crippen LogP contribution in [0.2, 0.25) is 0 Å². The summed E-state index contributed by atoms with van der Waals surface area (Å²) in [6.07, 6.45) is 0.992. The molecule has 2 N–H and O–H groups in total. The minimum absolute atomic E-state index is 0.233. The zero-order valence-corrected chi connectivity index (χ0v) is 12.2. The van der Waals surface area contributed by atoms with Crippen LogP contribution in [0.15, 0.2) is 30.3 Å². The maximum atomic E-state index is 9.53. The first kappa shape index (κ1) is 12.9. The van der Waals surface area contributed by atoms with Crippen LogP contribution in [-0.2, 0) is 6.42 Å². The fraction of sp³-hybridized carbons (Fsp3) is 0.200. The molecule has 2 aromatic heterocycles. The highest BCUT2D eigenvalue weighted by molar-refractivity contribution is 7.18. The first-order valence-electron chi connectivity index (χ1n) is 6.49. The fourth-order valence-electron chi connectivity index (χ4n) is 2.07. The number of rotatable bonds is 3. The van der Waals surface area contributed by atoms with E-state index in [0.29, 0.717) is 0 Å². The summed E-state index contributed by atoms with van der Waals surface area (Å²) < 4.78 is 0. The lowest BCUT2D eigenvalue weighted by molar-refractivity contribution is 0.475. The van der Waals surface area contributed by atoms with Gasteiger partial charge in [0.25, 0.3) is 0 Å². The van der Waals surface area contributed by atoms with Crippen LogP contribution in [0.3, 0.4) is 0 Å². The molecule has 2 heterocycles. The molecule has 0 radical (unpaired) electrons. The van der Waals surface area contributed by atoms with Gasteiger partial charge < -0.3 is 10.4 Å². The number of anilines is 2. The van der Waals surface area contributed by atoms with E-state index in [1.807, 2.05) is 13.0 Å². The van der Waals surface area contributed by atoms with Crippen LogP contribution < -0.4 is 5.32 Å². The zero-order chi connectivity index (χ0) is 14.1. The molecule has 3 aromatic rings. The van der Waals surface area contributed by atoms with Crippen molar-refractivity contribution in [3.63, 3.8) is 0 Å². The average Bonchev–Trinajstić information content (AvgIpc) is 2.82. The molecule has 20 heavy (non-hydrogen) atoms. The summed E-state index contributed by atoms with van der Waals surface area (Å²) in [6, 6.07) is 9.15. The number of nitrogens with zero attached hydrogens (tertiary/aromatic N) is 2. The molecule has 0 amide bonds. The van der Waals surface area contributed by atoms with Crippen molar-refractivity contribution >= 4 is 33.1 Å². The number of aromatic hydroxyl groups is 1. The standard InChI is InChI=1S/C15H15N3OS/c1-3-12-8-13-14(16-9(2)17-15(13)20-12)18-10-5-4-6-11(19)7-10/h4-8,19H,3H2,1-2H3,(H,16,17,18). The summed E-state index contributed by atoms with van der Waals surface area (Å²) in [5.74, 6) is 1.76. The number of phenols is 1. The van der Waals surface area contributed by atoms with Crippen molar-refractivity contribution in [2.75, 3.05) is 5.32 Å². The molecular weight excluding hydrogens is 270 g/mol. The molecular formula is C15H15N3OS. The number of benzene rings is 1. The van der Waals surface area contributed by atoms with Gasteiger partial charge in [0.1, 0.15) is 22.2 Å². The van der Waals surface area contributed by atoms with E-state index in [0.717, 1.165) is 34.0 Å². The van der Waals surface area contributed by atoms with Crippen LogP contribution in [0.4, 0.5) is 11.5 Å². The van der Waals surface area contributed by atoms with Gasteiger partial charge in [-0.2, -0.15) is 0 Å². The number of phenolic OH excluding ortho intramolecular Hbond substituents is 1. The Morgan fingerprint density at radius 2 is 2.10 bits per heavy atom. The lowest BCUT2D eigenvalue weighted by atomic mass is 10.2. The van der Waals surface area contributed by atoms with Crippen LogP contribution in [0, 0.1) is 6.92 Å². The summed E-state index contributed by atoms with van der Waals surface area (Å²) in [6.45, 7) is 4.02. The van der Waals surface area contributed by atoms with Gasteiger partial charge in [0.2, 0.25) is 0 Å². The Labute approximate surface area is 121 Å². The number of hydrogen-bond donors (Lipinski definition) is 2. The van der Waals surface area contributed by atoms with E-state index in [1.54, 1.807) is 29.5 Å². The molecule has 0 bridgehead atoms. The van der Waals surface area contributed by atoms with E-state index >= 15 is 0 Å². The largest absolute Gasteiger partial charge is 0.508 e. The number of aryl methyl sites for hydroxylation is 2. The lowest BCUT2D eigenvalue weighted by Gasteiger charge is -2.07. The molecule has 5 heteroatoms. The van der Waals surface area contributed by atoms with E-state index in [4.69, 9.17) is 0 Å². The van der Waals surface area contributed by atoms with Crippen molar-refractivity contribution < 1.29 is 5.11 Å². The van der Waals surface area contributed by atoms with Crippen LogP contribution in [-0.4, -0.2) is 15.1 Å². The van der Waals surface area contributed by atoms with Gasteiger partial charge in [-0.15, -0.1) is 11.3 Å². The van der Waals surface area contributed by atoms with Crippen molar-refractivity contribution in [1.29, 1.82) is 0 Å². The summed E-state index contributed by atoms with van der Waals surface area (Å²) in [5, 5.41) is 13.8. The molecule has 1 aromatic carbocycles. The molecule has 0 aliphatic rings. The second kappa shape index (κ2) is 5.09. The first-order valence-corrected chi connectivity index (χ1v) is 7.30. The number of fused-ring (bicyclic) bond motifs is 1. The molecule has 3 rings (SSSR count). The van der Waals surface area contributed by atoms with E-state index in [-0.39, 0.29) is 5.75 Å².